The number of amides is 2. The van der Waals surface area contributed by atoms with Crippen LogP contribution in [0.15, 0.2) is 24.3 Å². The monoisotopic (exact) mass is 348 g/mol. The molecule has 0 aromatic heterocycles. The molecule has 2 rings (SSSR count). The number of hydrogen-bond acceptors (Lipinski definition) is 4. The van der Waals surface area contributed by atoms with Crippen molar-refractivity contribution in [2.75, 3.05) is 13.1 Å². The number of nitrogens with zero attached hydrogens (tertiary/aromatic N) is 1. The van der Waals surface area contributed by atoms with Crippen molar-refractivity contribution in [3.05, 3.63) is 29.8 Å². The topological polar surface area (TPSA) is 67.9 Å². The van der Waals surface area contributed by atoms with E-state index in [1.807, 2.05) is 52.0 Å². The van der Waals surface area contributed by atoms with Crippen molar-refractivity contribution in [2.45, 2.75) is 58.8 Å². The molecule has 1 fully saturated rings. The molecule has 1 aliphatic heterocycles. The Bertz CT molecular complexity index is 607. The minimum absolute atomic E-state index is 0.0360. The third-order valence-corrected chi connectivity index (χ3v) is 3.90. The summed E-state index contributed by atoms with van der Waals surface area (Å²) < 4.78 is 11.4. The molecular weight excluding hydrogens is 320 g/mol. The number of carbonyl (C=O) groups excluding carboxylic acids is 2. The van der Waals surface area contributed by atoms with E-state index in [4.69, 9.17) is 9.47 Å². The van der Waals surface area contributed by atoms with E-state index in [-0.39, 0.29) is 24.1 Å². The van der Waals surface area contributed by atoms with Crippen LogP contribution in [0.2, 0.25) is 0 Å². The number of carbonyl (C=O) groups is 2. The van der Waals surface area contributed by atoms with E-state index >= 15 is 0 Å². The Morgan fingerprint density at radius 1 is 1.24 bits per heavy atom. The Labute approximate surface area is 149 Å². The van der Waals surface area contributed by atoms with E-state index in [1.165, 1.54) is 6.92 Å². The van der Waals surface area contributed by atoms with Crippen LogP contribution in [0.1, 0.15) is 52.6 Å². The van der Waals surface area contributed by atoms with Gasteiger partial charge in [-0.25, -0.2) is 4.79 Å². The molecule has 1 aromatic carbocycles. The second kappa shape index (κ2) is 7.76. The van der Waals surface area contributed by atoms with Crippen molar-refractivity contribution in [2.24, 2.45) is 0 Å². The van der Waals surface area contributed by atoms with Gasteiger partial charge in [0.1, 0.15) is 17.5 Å². The first-order valence-corrected chi connectivity index (χ1v) is 8.65. The molecule has 0 spiro atoms. The number of hydrogen-bond donors (Lipinski definition) is 1. The Morgan fingerprint density at radius 2 is 1.88 bits per heavy atom. The van der Waals surface area contributed by atoms with Crippen LogP contribution in [0.3, 0.4) is 0 Å². The third kappa shape index (κ3) is 5.96. The van der Waals surface area contributed by atoms with E-state index < -0.39 is 5.60 Å². The molecule has 0 bridgehead atoms. The summed E-state index contributed by atoms with van der Waals surface area (Å²) in [6.45, 7) is 10.2. The lowest BCUT2D eigenvalue weighted by Crippen LogP contribution is -2.36. The number of likely N-dealkylation sites (tertiary alicyclic amines) is 1. The van der Waals surface area contributed by atoms with Crippen molar-refractivity contribution in [1.29, 1.82) is 0 Å². The zero-order valence-electron chi connectivity index (χ0n) is 15.7. The first kappa shape index (κ1) is 19.1. The highest BCUT2D eigenvalue weighted by atomic mass is 16.6. The molecule has 138 valence electrons. The maximum atomic E-state index is 12.1. The van der Waals surface area contributed by atoms with Crippen LogP contribution in [0.5, 0.6) is 5.75 Å². The number of benzene rings is 1. The largest absolute Gasteiger partial charge is 0.489 e. The van der Waals surface area contributed by atoms with Gasteiger partial charge in [0.15, 0.2) is 0 Å². The van der Waals surface area contributed by atoms with E-state index in [0.717, 1.165) is 17.7 Å². The van der Waals surface area contributed by atoms with Gasteiger partial charge in [-0.3, -0.25) is 4.79 Å². The Balaban J connectivity index is 1.87. The van der Waals surface area contributed by atoms with Crippen LogP contribution in [0, 0.1) is 0 Å². The van der Waals surface area contributed by atoms with Crippen LogP contribution < -0.4 is 10.1 Å². The molecule has 0 saturated carbocycles. The summed E-state index contributed by atoms with van der Waals surface area (Å²) in [5, 5.41) is 2.85. The summed E-state index contributed by atoms with van der Waals surface area (Å²) in [5.74, 6) is 0.704. The number of rotatable bonds is 4. The van der Waals surface area contributed by atoms with Crippen LogP contribution in [-0.2, 0) is 9.53 Å². The van der Waals surface area contributed by atoms with E-state index in [2.05, 4.69) is 5.32 Å². The summed E-state index contributed by atoms with van der Waals surface area (Å²) in [5.41, 5.74) is 0.528. The molecule has 6 nitrogen and oxygen atoms in total. The zero-order chi connectivity index (χ0) is 18.6. The molecule has 0 unspecified atom stereocenters. The highest BCUT2D eigenvalue weighted by Gasteiger charge is 2.30. The van der Waals surface area contributed by atoms with Crippen LogP contribution >= 0.6 is 0 Å². The molecule has 0 radical (unpaired) electrons. The molecule has 2 amide bonds. The van der Waals surface area contributed by atoms with Gasteiger partial charge in [0.25, 0.3) is 0 Å². The zero-order valence-corrected chi connectivity index (χ0v) is 15.7. The van der Waals surface area contributed by atoms with E-state index in [9.17, 15) is 9.59 Å². The van der Waals surface area contributed by atoms with Crippen LogP contribution in [0.25, 0.3) is 0 Å². The smallest absolute Gasteiger partial charge is 0.410 e. The molecule has 25 heavy (non-hydrogen) atoms. The van der Waals surface area contributed by atoms with Gasteiger partial charge in [-0.05, 0) is 45.4 Å². The average molecular weight is 348 g/mol. The maximum Gasteiger partial charge on any atom is 0.410 e. The van der Waals surface area contributed by atoms with Gasteiger partial charge >= 0.3 is 6.09 Å². The van der Waals surface area contributed by atoms with Gasteiger partial charge < -0.3 is 19.7 Å². The fraction of sp³-hybridized carbons (Fsp3) is 0.579. The molecular formula is C19H28N2O4. The van der Waals surface area contributed by atoms with Gasteiger partial charge in [-0.15, -0.1) is 0 Å². The van der Waals surface area contributed by atoms with Crippen molar-refractivity contribution < 1.29 is 19.1 Å². The molecule has 1 aromatic rings. The predicted octanol–water partition coefficient (Wildman–Crippen LogP) is 3.27. The lowest BCUT2D eigenvalue weighted by Gasteiger charge is -2.24. The SMILES string of the molecule is CC(=O)N[C@@H](C)c1ccc(O[C@@H]2CCN(C(=O)OC(C)(C)C)C2)cc1. The molecule has 1 saturated heterocycles. The van der Waals surface area contributed by atoms with Crippen LogP contribution in [0.4, 0.5) is 4.79 Å². The third-order valence-electron chi connectivity index (χ3n) is 3.90. The number of ether oxygens (including phenoxy) is 2. The maximum absolute atomic E-state index is 12.1. The highest BCUT2D eigenvalue weighted by molar-refractivity contribution is 5.73. The van der Waals surface area contributed by atoms with E-state index in [1.54, 1.807) is 4.90 Å². The summed E-state index contributed by atoms with van der Waals surface area (Å²) in [4.78, 5) is 24.9. The summed E-state index contributed by atoms with van der Waals surface area (Å²) in [6, 6.07) is 7.63. The molecule has 6 heteroatoms. The molecule has 1 heterocycles. The number of nitrogens with one attached hydrogen (secondary N) is 1. The first-order valence-electron chi connectivity index (χ1n) is 8.65. The average Bonchev–Trinajstić information content (AvgIpc) is 2.94. The minimum Gasteiger partial charge on any atom is -0.489 e. The molecule has 2 atom stereocenters. The fourth-order valence-corrected chi connectivity index (χ4v) is 2.73. The minimum atomic E-state index is -0.490. The van der Waals surface area contributed by atoms with Crippen molar-refractivity contribution in [3.63, 3.8) is 0 Å². The normalized spacial score (nSPS) is 18.6. The summed E-state index contributed by atoms with van der Waals surface area (Å²) in [6.07, 6.45) is 0.452. The van der Waals surface area contributed by atoms with Crippen molar-refractivity contribution in [3.8, 4) is 5.75 Å². The fourth-order valence-electron chi connectivity index (χ4n) is 2.73. The highest BCUT2D eigenvalue weighted by Crippen LogP contribution is 2.22. The van der Waals surface area contributed by atoms with Gasteiger partial charge in [0, 0.05) is 19.9 Å². The Kier molecular flexibility index (Phi) is 5.93. The lowest BCUT2D eigenvalue weighted by atomic mass is 10.1. The second-order valence-electron chi connectivity index (χ2n) is 7.45. The molecule has 1 aliphatic rings. The van der Waals surface area contributed by atoms with E-state index in [0.29, 0.717) is 13.1 Å². The van der Waals surface area contributed by atoms with Crippen molar-refractivity contribution >= 4 is 12.0 Å². The Hall–Kier alpha value is -2.24. The van der Waals surface area contributed by atoms with Gasteiger partial charge in [-0.2, -0.15) is 0 Å². The van der Waals surface area contributed by atoms with Gasteiger partial charge in [0.2, 0.25) is 5.91 Å². The van der Waals surface area contributed by atoms with Crippen LogP contribution in [-0.4, -0.2) is 41.7 Å². The Morgan fingerprint density at radius 3 is 2.44 bits per heavy atom. The standard InChI is InChI=1S/C19H28N2O4/c1-13(20-14(2)22)15-6-8-16(9-7-15)24-17-10-11-21(12-17)18(23)25-19(3,4)5/h6-9,13,17H,10-12H2,1-5H3,(H,20,22)/t13-,17+/m0/s1. The quantitative estimate of drug-likeness (QED) is 0.907. The summed E-state index contributed by atoms with van der Waals surface area (Å²) >= 11 is 0. The molecule has 0 aliphatic carbocycles. The molecule has 1 N–H and O–H groups in total. The summed E-state index contributed by atoms with van der Waals surface area (Å²) in [7, 11) is 0. The van der Waals surface area contributed by atoms with Crippen molar-refractivity contribution in [1.82, 2.24) is 10.2 Å². The lowest BCUT2D eigenvalue weighted by molar-refractivity contribution is -0.119. The van der Waals surface area contributed by atoms with Gasteiger partial charge in [-0.1, -0.05) is 12.1 Å². The second-order valence-corrected chi connectivity index (χ2v) is 7.45. The van der Waals surface area contributed by atoms with Gasteiger partial charge in [0.05, 0.1) is 12.6 Å². The first-order chi connectivity index (χ1) is 11.6. The predicted molar refractivity (Wildman–Crippen MR) is 95.5 cm³/mol.